The second-order valence-electron chi connectivity index (χ2n) is 4.70. The SMILES string of the molecule is O=C(NC[C@@H](O)c1ccc([N+](=O)[O-])cc1)c1ccc(Cl)c(Cl)c1. The van der Waals surface area contributed by atoms with Crippen LogP contribution in [-0.2, 0) is 0 Å². The van der Waals surface area contributed by atoms with Crippen LogP contribution in [-0.4, -0.2) is 22.5 Å². The van der Waals surface area contributed by atoms with Crippen molar-refractivity contribution in [2.24, 2.45) is 0 Å². The molecule has 120 valence electrons. The summed E-state index contributed by atoms with van der Waals surface area (Å²) >= 11 is 11.6. The van der Waals surface area contributed by atoms with Crippen molar-refractivity contribution in [3.63, 3.8) is 0 Å². The lowest BCUT2D eigenvalue weighted by Gasteiger charge is -2.12. The number of aliphatic hydroxyl groups excluding tert-OH is 1. The van der Waals surface area contributed by atoms with Crippen molar-refractivity contribution in [2.75, 3.05) is 6.54 Å². The molecule has 6 nitrogen and oxygen atoms in total. The van der Waals surface area contributed by atoms with Crippen LogP contribution in [0, 0.1) is 10.1 Å². The molecule has 2 rings (SSSR count). The van der Waals surface area contributed by atoms with Gasteiger partial charge < -0.3 is 10.4 Å². The summed E-state index contributed by atoms with van der Waals surface area (Å²) in [5.41, 5.74) is 0.709. The van der Waals surface area contributed by atoms with E-state index in [1.165, 1.54) is 42.5 Å². The Morgan fingerprint density at radius 1 is 1.17 bits per heavy atom. The highest BCUT2D eigenvalue weighted by Crippen LogP contribution is 2.22. The van der Waals surface area contributed by atoms with Crippen molar-refractivity contribution in [3.05, 3.63) is 73.8 Å². The van der Waals surface area contributed by atoms with Gasteiger partial charge in [-0.1, -0.05) is 23.2 Å². The highest BCUT2D eigenvalue weighted by atomic mass is 35.5. The first-order chi connectivity index (χ1) is 10.9. The van der Waals surface area contributed by atoms with E-state index in [4.69, 9.17) is 23.2 Å². The fourth-order valence-corrected chi connectivity index (χ4v) is 2.16. The summed E-state index contributed by atoms with van der Waals surface area (Å²) in [5.74, 6) is -0.412. The zero-order chi connectivity index (χ0) is 17.0. The van der Waals surface area contributed by atoms with E-state index in [-0.39, 0.29) is 17.3 Å². The maximum absolute atomic E-state index is 12.0. The molecule has 0 saturated carbocycles. The molecule has 0 fully saturated rings. The molecule has 1 atom stereocenters. The van der Waals surface area contributed by atoms with Gasteiger partial charge in [-0.2, -0.15) is 0 Å². The number of halogens is 2. The van der Waals surface area contributed by atoms with E-state index in [1.54, 1.807) is 0 Å². The van der Waals surface area contributed by atoms with Crippen molar-refractivity contribution in [1.82, 2.24) is 5.32 Å². The number of rotatable bonds is 5. The average Bonchev–Trinajstić information content (AvgIpc) is 2.54. The molecule has 0 aromatic heterocycles. The van der Waals surface area contributed by atoms with Crippen LogP contribution >= 0.6 is 23.2 Å². The van der Waals surface area contributed by atoms with Crippen molar-refractivity contribution in [3.8, 4) is 0 Å². The molecule has 0 heterocycles. The molecule has 0 saturated heterocycles. The second kappa shape index (κ2) is 7.41. The lowest BCUT2D eigenvalue weighted by Crippen LogP contribution is -2.28. The normalized spacial score (nSPS) is 11.8. The summed E-state index contributed by atoms with van der Waals surface area (Å²) in [7, 11) is 0. The highest BCUT2D eigenvalue weighted by Gasteiger charge is 2.13. The van der Waals surface area contributed by atoms with Gasteiger partial charge in [-0.25, -0.2) is 0 Å². The average molecular weight is 355 g/mol. The zero-order valence-electron chi connectivity index (χ0n) is 11.7. The maximum Gasteiger partial charge on any atom is 0.269 e. The van der Waals surface area contributed by atoms with Crippen molar-refractivity contribution in [1.29, 1.82) is 0 Å². The summed E-state index contributed by atoms with van der Waals surface area (Å²) in [6.07, 6.45) is -0.984. The number of benzene rings is 2. The van der Waals surface area contributed by atoms with E-state index in [1.807, 2.05) is 0 Å². The molecule has 0 spiro atoms. The van der Waals surface area contributed by atoms with E-state index in [0.717, 1.165) is 0 Å². The molecular formula is C15H12Cl2N2O4. The molecule has 8 heteroatoms. The molecule has 23 heavy (non-hydrogen) atoms. The minimum absolute atomic E-state index is 0.0448. The Kier molecular flexibility index (Phi) is 5.54. The van der Waals surface area contributed by atoms with E-state index in [0.29, 0.717) is 16.1 Å². The van der Waals surface area contributed by atoms with Gasteiger partial charge in [0.15, 0.2) is 0 Å². The number of carbonyl (C=O) groups excluding carboxylic acids is 1. The molecule has 0 aliphatic heterocycles. The number of hydrogen-bond acceptors (Lipinski definition) is 4. The first-order valence-corrected chi connectivity index (χ1v) is 7.29. The third kappa shape index (κ3) is 4.41. The number of nitro benzene ring substituents is 1. The molecule has 1 amide bonds. The predicted octanol–water partition coefficient (Wildman–Crippen LogP) is 3.37. The molecule has 0 radical (unpaired) electrons. The smallest absolute Gasteiger partial charge is 0.269 e. The van der Waals surface area contributed by atoms with E-state index in [9.17, 15) is 20.0 Å². The number of nitrogens with zero attached hydrogens (tertiary/aromatic N) is 1. The summed E-state index contributed by atoms with van der Waals surface area (Å²) in [5, 5.41) is 23.7. The molecule has 2 N–H and O–H groups in total. The number of hydrogen-bond donors (Lipinski definition) is 2. The lowest BCUT2D eigenvalue weighted by atomic mass is 10.1. The Labute approximate surface area is 141 Å². The van der Waals surface area contributed by atoms with Crippen LogP contribution in [0.15, 0.2) is 42.5 Å². The standard InChI is InChI=1S/C15H12Cl2N2O4/c16-12-6-3-10(7-13(12)17)15(21)18-8-14(20)9-1-4-11(5-2-9)19(22)23/h1-7,14,20H,8H2,(H,18,21)/t14-/m1/s1. The van der Waals surface area contributed by atoms with Gasteiger partial charge in [-0.15, -0.1) is 0 Å². The van der Waals surface area contributed by atoms with Gasteiger partial charge >= 0.3 is 0 Å². The fourth-order valence-electron chi connectivity index (χ4n) is 1.86. The molecule has 0 aliphatic carbocycles. The second-order valence-corrected chi connectivity index (χ2v) is 5.52. The van der Waals surface area contributed by atoms with Crippen LogP contribution in [0.2, 0.25) is 10.0 Å². The molecule has 0 aliphatic rings. The first kappa shape index (κ1) is 17.2. The molecule has 2 aromatic carbocycles. The lowest BCUT2D eigenvalue weighted by molar-refractivity contribution is -0.384. The topological polar surface area (TPSA) is 92.5 Å². The zero-order valence-corrected chi connectivity index (χ0v) is 13.2. The maximum atomic E-state index is 12.0. The quantitative estimate of drug-likeness (QED) is 0.635. The predicted molar refractivity (Wildman–Crippen MR) is 86.9 cm³/mol. The van der Waals surface area contributed by atoms with Crippen LogP contribution < -0.4 is 5.32 Å². The number of amides is 1. The summed E-state index contributed by atoms with van der Waals surface area (Å²) < 4.78 is 0. The fraction of sp³-hybridized carbons (Fsp3) is 0.133. The molecule has 2 aromatic rings. The van der Waals surface area contributed by atoms with Gasteiger partial charge in [0.1, 0.15) is 0 Å². The number of aliphatic hydroxyl groups is 1. The summed E-state index contributed by atoms with van der Waals surface area (Å²) in [6, 6.07) is 9.91. The Balaban J connectivity index is 1.97. The summed E-state index contributed by atoms with van der Waals surface area (Å²) in [6.45, 7) is -0.0448. The van der Waals surface area contributed by atoms with E-state index in [2.05, 4.69) is 5.32 Å². The van der Waals surface area contributed by atoms with Gasteiger partial charge in [-0.3, -0.25) is 14.9 Å². The van der Waals surface area contributed by atoms with Crippen molar-refractivity contribution in [2.45, 2.75) is 6.10 Å². The van der Waals surface area contributed by atoms with Gasteiger partial charge in [0.05, 0.1) is 21.1 Å². The van der Waals surface area contributed by atoms with Crippen LogP contribution in [0.4, 0.5) is 5.69 Å². The molecule has 0 bridgehead atoms. The van der Waals surface area contributed by atoms with Gasteiger partial charge in [0.2, 0.25) is 0 Å². The van der Waals surface area contributed by atoms with E-state index < -0.39 is 16.9 Å². The number of nitro groups is 1. The van der Waals surface area contributed by atoms with Gasteiger partial charge in [0.25, 0.3) is 11.6 Å². The Bertz CT molecular complexity index is 735. The van der Waals surface area contributed by atoms with Crippen LogP contribution in [0.5, 0.6) is 0 Å². The first-order valence-electron chi connectivity index (χ1n) is 6.54. The summed E-state index contributed by atoms with van der Waals surface area (Å²) in [4.78, 5) is 22.0. The highest BCUT2D eigenvalue weighted by molar-refractivity contribution is 6.42. The van der Waals surface area contributed by atoms with Gasteiger partial charge in [0, 0.05) is 24.2 Å². The minimum atomic E-state index is -0.984. The third-order valence-electron chi connectivity index (χ3n) is 3.13. The number of non-ortho nitro benzene ring substituents is 1. The Morgan fingerprint density at radius 2 is 1.83 bits per heavy atom. The monoisotopic (exact) mass is 354 g/mol. The largest absolute Gasteiger partial charge is 0.387 e. The third-order valence-corrected chi connectivity index (χ3v) is 3.87. The number of nitrogens with one attached hydrogen (secondary N) is 1. The van der Waals surface area contributed by atoms with Crippen molar-refractivity contribution >= 4 is 34.8 Å². The minimum Gasteiger partial charge on any atom is -0.387 e. The Hall–Kier alpha value is -2.15. The number of carbonyl (C=O) groups is 1. The Morgan fingerprint density at radius 3 is 2.39 bits per heavy atom. The van der Waals surface area contributed by atoms with Gasteiger partial charge in [-0.05, 0) is 35.9 Å². The molecular weight excluding hydrogens is 343 g/mol. The van der Waals surface area contributed by atoms with E-state index >= 15 is 0 Å². The van der Waals surface area contributed by atoms with Crippen LogP contribution in [0.25, 0.3) is 0 Å². The van der Waals surface area contributed by atoms with Crippen molar-refractivity contribution < 1.29 is 14.8 Å². The van der Waals surface area contributed by atoms with Crippen LogP contribution in [0.3, 0.4) is 0 Å². The van der Waals surface area contributed by atoms with Crippen LogP contribution in [0.1, 0.15) is 22.0 Å². The molecule has 0 unspecified atom stereocenters.